The van der Waals surface area contributed by atoms with Crippen LogP contribution in [-0.2, 0) is 19.6 Å². The number of nitrogens with one attached hydrogen (secondary N) is 4. The van der Waals surface area contributed by atoms with Crippen LogP contribution in [0, 0.1) is 4.78 Å². The third kappa shape index (κ3) is 4.95. The maximum absolute atomic E-state index is 12.8. The molecule has 1 atom stereocenters. The van der Waals surface area contributed by atoms with Gasteiger partial charge < -0.3 is 4.98 Å². The molecule has 0 saturated carbocycles. The van der Waals surface area contributed by atoms with Gasteiger partial charge in [-0.2, -0.15) is 5.10 Å². The molecule has 4 rings (SSSR count). The van der Waals surface area contributed by atoms with E-state index in [0.717, 1.165) is 16.7 Å². The fourth-order valence-corrected chi connectivity index (χ4v) is 4.26. The van der Waals surface area contributed by atoms with Crippen LogP contribution in [0.3, 0.4) is 0 Å². The van der Waals surface area contributed by atoms with Gasteiger partial charge in [0.15, 0.2) is 10.0 Å². The Balaban J connectivity index is 1.62. The highest BCUT2D eigenvalue weighted by atomic mass is 32.2. The molecule has 2 heterocycles. The van der Waals surface area contributed by atoms with Gasteiger partial charge in [0.25, 0.3) is 0 Å². The van der Waals surface area contributed by atoms with Crippen molar-refractivity contribution in [2.24, 2.45) is 0 Å². The molecule has 2 aromatic heterocycles. The Morgan fingerprint density at radius 3 is 2.50 bits per heavy atom. The van der Waals surface area contributed by atoms with Gasteiger partial charge in [-0.1, -0.05) is 32.9 Å². The summed E-state index contributed by atoms with van der Waals surface area (Å²) in [5.41, 5.74) is 2.70. The van der Waals surface area contributed by atoms with Crippen LogP contribution in [0.2, 0.25) is 0 Å². The van der Waals surface area contributed by atoms with E-state index in [9.17, 15) is 9.00 Å². The van der Waals surface area contributed by atoms with E-state index >= 15 is 0 Å². The van der Waals surface area contributed by atoms with E-state index < -0.39 is 16.0 Å². The first-order chi connectivity index (χ1) is 16.1. The molecule has 1 unspecified atom stereocenters. The Bertz CT molecular complexity index is 1400. The lowest BCUT2D eigenvalue weighted by Crippen LogP contribution is -2.22. The molecule has 2 aromatic carbocycles. The fourth-order valence-electron chi connectivity index (χ4n) is 3.30. The van der Waals surface area contributed by atoms with Crippen molar-refractivity contribution in [1.29, 1.82) is 4.78 Å². The number of nitrogens with zero attached hydrogens (tertiary/aromatic N) is 3. The summed E-state index contributed by atoms with van der Waals surface area (Å²) in [7, 11) is -3.32. The molecular formula is C23H27N7O3S. The van der Waals surface area contributed by atoms with Crippen molar-refractivity contribution >= 4 is 38.8 Å². The Kier molecular flexibility index (Phi) is 6.15. The van der Waals surface area contributed by atoms with Crippen LogP contribution in [0.5, 0.6) is 0 Å². The molecule has 0 radical (unpaired) electrons. The van der Waals surface area contributed by atoms with Crippen molar-refractivity contribution in [1.82, 2.24) is 19.7 Å². The lowest BCUT2D eigenvalue weighted by atomic mass is 9.92. The van der Waals surface area contributed by atoms with Gasteiger partial charge in [0.1, 0.15) is 5.82 Å². The van der Waals surface area contributed by atoms with Gasteiger partial charge in [0.05, 0.1) is 33.9 Å². The minimum Gasteiger partial charge on any atom is -0.324 e. The number of aromatic amines is 1. The highest BCUT2D eigenvalue weighted by Crippen LogP contribution is 2.27. The first-order valence-electron chi connectivity index (χ1n) is 10.7. The minimum absolute atomic E-state index is 0.173. The second-order valence-electron chi connectivity index (χ2n) is 8.66. The predicted octanol–water partition coefficient (Wildman–Crippen LogP) is 5.05. The maximum Gasteiger partial charge on any atom is 0.327 e. The van der Waals surface area contributed by atoms with Crippen molar-refractivity contribution in [3.8, 4) is 5.69 Å². The zero-order valence-corrected chi connectivity index (χ0v) is 20.2. The number of fused-ring (bicyclic) bond motifs is 1. The van der Waals surface area contributed by atoms with E-state index in [1.807, 2.05) is 45.0 Å². The number of amides is 2. The van der Waals surface area contributed by atoms with Crippen molar-refractivity contribution in [3.63, 3.8) is 0 Å². The molecule has 0 bridgehead atoms. The summed E-state index contributed by atoms with van der Waals surface area (Å²) in [6.45, 7) is 7.94. The van der Waals surface area contributed by atoms with Crippen LogP contribution in [0.15, 0.2) is 59.5 Å². The number of hydrogen-bond acceptors (Lipinski definition) is 6. The Hall–Kier alpha value is -3.70. The van der Waals surface area contributed by atoms with E-state index in [1.165, 1.54) is 0 Å². The number of aromatic nitrogens is 4. The quantitative estimate of drug-likeness (QED) is 0.305. The molecule has 11 heteroatoms. The van der Waals surface area contributed by atoms with Crippen molar-refractivity contribution in [3.05, 3.63) is 60.3 Å². The van der Waals surface area contributed by atoms with Crippen molar-refractivity contribution < 1.29 is 13.2 Å². The lowest BCUT2D eigenvalue weighted by molar-refractivity contribution is 0.262. The predicted molar refractivity (Wildman–Crippen MR) is 132 cm³/mol. The summed E-state index contributed by atoms with van der Waals surface area (Å²) in [4.78, 5) is 20.4. The van der Waals surface area contributed by atoms with Gasteiger partial charge in [0, 0.05) is 11.5 Å². The zero-order chi connectivity index (χ0) is 24.5. The number of urea groups is 1. The summed E-state index contributed by atoms with van der Waals surface area (Å²) in [5, 5.41) is 10.2. The van der Waals surface area contributed by atoms with Gasteiger partial charge in [-0.3, -0.25) is 14.8 Å². The first kappa shape index (κ1) is 23.5. The molecule has 10 nitrogen and oxygen atoms in total. The maximum atomic E-state index is 12.8. The molecular weight excluding hydrogens is 454 g/mol. The van der Waals surface area contributed by atoms with Crippen molar-refractivity contribution in [2.75, 3.05) is 17.2 Å². The summed E-state index contributed by atoms with van der Waals surface area (Å²) in [6, 6.07) is 15.3. The van der Waals surface area contributed by atoms with Gasteiger partial charge in [-0.05, 0) is 43.3 Å². The molecule has 0 aliphatic carbocycles. The number of para-hydroxylation sites is 2. The summed E-state index contributed by atoms with van der Waals surface area (Å²) in [5.74, 6) is 0.772. The van der Waals surface area contributed by atoms with E-state index in [1.54, 1.807) is 41.9 Å². The summed E-state index contributed by atoms with van der Waals surface area (Å²) < 4.78 is 26.9. The van der Waals surface area contributed by atoms with Crippen LogP contribution >= 0.6 is 0 Å². The number of anilines is 2. The number of carbonyl (C=O) groups excluding carboxylic acids is 1. The average Bonchev–Trinajstić information content (AvgIpc) is 3.37. The largest absolute Gasteiger partial charge is 0.327 e. The molecule has 4 aromatic rings. The lowest BCUT2D eigenvalue weighted by Gasteiger charge is -2.14. The molecule has 178 valence electrons. The topological polar surface area (TPSA) is 138 Å². The number of carbonyl (C=O) groups is 1. The van der Waals surface area contributed by atoms with Crippen LogP contribution < -0.4 is 10.6 Å². The molecule has 0 saturated heterocycles. The highest BCUT2D eigenvalue weighted by molar-refractivity contribution is 7.87. The second-order valence-corrected chi connectivity index (χ2v) is 10.4. The molecule has 0 spiro atoms. The first-order valence-corrected chi connectivity index (χ1v) is 12.2. The van der Waals surface area contributed by atoms with Crippen LogP contribution in [0.25, 0.3) is 16.7 Å². The summed E-state index contributed by atoms with van der Waals surface area (Å²) in [6.07, 6.45) is 0. The van der Waals surface area contributed by atoms with Crippen LogP contribution in [0.4, 0.5) is 16.6 Å². The number of benzene rings is 2. The van der Waals surface area contributed by atoms with E-state index in [0.29, 0.717) is 17.5 Å². The minimum atomic E-state index is -3.32. The molecule has 4 N–H and O–H groups in total. The van der Waals surface area contributed by atoms with Gasteiger partial charge in [-0.25, -0.2) is 23.4 Å². The smallest absolute Gasteiger partial charge is 0.324 e. The van der Waals surface area contributed by atoms with E-state index in [-0.39, 0.29) is 16.9 Å². The number of H-pyrrole nitrogens is 1. The standard InChI is InChI=1S/C23H27N7O3S/c1-5-33-34(24,32)16-12-10-15(11-13-16)30-20(14-19(29-30)23(2,3)4)27-22(31)28-21-25-17-8-6-7-9-18(17)26-21/h6-14,24H,5H2,1-4H3,(H3,25,26,27,28,31). The number of imidazole rings is 1. The third-order valence-electron chi connectivity index (χ3n) is 5.02. The number of rotatable bonds is 6. The molecule has 0 fully saturated rings. The van der Waals surface area contributed by atoms with Gasteiger partial charge in [0.2, 0.25) is 5.95 Å². The van der Waals surface area contributed by atoms with Crippen LogP contribution in [-0.4, -0.2) is 36.6 Å². The average molecular weight is 482 g/mol. The monoisotopic (exact) mass is 481 g/mol. The Morgan fingerprint density at radius 2 is 1.85 bits per heavy atom. The third-order valence-corrected chi connectivity index (χ3v) is 6.48. The number of hydrogen-bond donors (Lipinski definition) is 4. The normalized spacial score (nSPS) is 13.5. The van der Waals surface area contributed by atoms with Crippen molar-refractivity contribution in [2.45, 2.75) is 38.0 Å². The molecule has 0 aliphatic rings. The fraction of sp³-hybridized carbons (Fsp3) is 0.261. The Morgan fingerprint density at radius 1 is 1.15 bits per heavy atom. The van der Waals surface area contributed by atoms with Gasteiger partial charge >= 0.3 is 6.03 Å². The second kappa shape index (κ2) is 8.92. The van der Waals surface area contributed by atoms with E-state index in [2.05, 4.69) is 25.7 Å². The SMILES string of the molecule is CCOS(=N)(=O)c1ccc(-n2nc(C(C)(C)C)cc2NC(=O)Nc2nc3ccccc3[nH]2)cc1. The van der Waals surface area contributed by atoms with Crippen LogP contribution in [0.1, 0.15) is 33.4 Å². The Labute approximate surface area is 197 Å². The highest BCUT2D eigenvalue weighted by Gasteiger charge is 2.22. The zero-order valence-electron chi connectivity index (χ0n) is 19.4. The van der Waals surface area contributed by atoms with E-state index in [4.69, 9.17) is 8.96 Å². The molecule has 0 aliphatic heterocycles. The summed E-state index contributed by atoms with van der Waals surface area (Å²) >= 11 is 0. The molecule has 34 heavy (non-hydrogen) atoms. The van der Waals surface area contributed by atoms with Gasteiger partial charge in [-0.15, -0.1) is 0 Å². The molecule has 2 amide bonds.